The standard InChI is InChI=1S/C6H10S2/c1-2-6-3-5(7)4-8-6/h3,5,7H,2,4H2,1H3. The van der Waals surface area contributed by atoms with Crippen LogP contribution in [-0.2, 0) is 0 Å². The highest BCUT2D eigenvalue weighted by Crippen LogP contribution is 2.29. The van der Waals surface area contributed by atoms with Crippen molar-refractivity contribution in [3.8, 4) is 0 Å². The lowest BCUT2D eigenvalue weighted by atomic mass is 10.3. The van der Waals surface area contributed by atoms with Crippen molar-refractivity contribution in [3.05, 3.63) is 11.0 Å². The zero-order valence-corrected chi connectivity index (χ0v) is 6.64. The molecule has 1 rings (SSSR count). The molecular weight excluding hydrogens is 136 g/mol. The zero-order chi connectivity index (χ0) is 5.98. The molecule has 0 aliphatic carbocycles. The fraction of sp³-hybridized carbons (Fsp3) is 0.667. The van der Waals surface area contributed by atoms with Crippen LogP contribution >= 0.6 is 24.4 Å². The highest BCUT2D eigenvalue weighted by molar-refractivity contribution is 8.04. The van der Waals surface area contributed by atoms with E-state index in [9.17, 15) is 0 Å². The Hall–Kier alpha value is 0.440. The molecule has 1 aliphatic heterocycles. The molecule has 0 nitrogen and oxygen atoms in total. The van der Waals surface area contributed by atoms with Crippen molar-refractivity contribution in [3.63, 3.8) is 0 Å². The Morgan fingerprint density at radius 1 is 2.00 bits per heavy atom. The summed E-state index contributed by atoms with van der Waals surface area (Å²) in [6.07, 6.45) is 3.43. The van der Waals surface area contributed by atoms with E-state index in [1.807, 2.05) is 11.8 Å². The maximum absolute atomic E-state index is 4.31. The molecule has 0 radical (unpaired) electrons. The van der Waals surface area contributed by atoms with Crippen molar-refractivity contribution in [1.29, 1.82) is 0 Å². The summed E-state index contributed by atoms with van der Waals surface area (Å²) in [6, 6.07) is 0. The predicted molar refractivity (Wildman–Crippen MR) is 43.6 cm³/mol. The normalized spacial score (nSPS) is 28.2. The first kappa shape index (κ1) is 6.56. The average molecular weight is 146 g/mol. The second kappa shape index (κ2) is 2.83. The summed E-state index contributed by atoms with van der Waals surface area (Å²) in [5, 5.41) is 0.523. The van der Waals surface area contributed by atoms with Gasteiger partial charge in [-0.1, -0.05) is 13.0 Å². The maximum Gasteiger partial charge on any atom is 0.0301 e. The molecule has 0 aromatic heterocycles. The van der Waals surface area contributed by atoms with Crippen molar-refractivity contribution < 1.29 is 0 Å². The van der Waals surface area contributed by atoms with E-state index >= 15 is 0 Å². The molecular formula is C6H10S2. The molecule has 1 aliphatic rings. The van der Waals surface area contributed by atoms with Gasteiger partial charge in [-0.25, -0.2) is 0 Å². The van der Waals surface area contributed by atoms with E-state index in [2.05, 4.69) is 25.6 Å². The van der Waals surface area contributed by atoms with E-state index in [0.717, 1.165) is 0 Å². The van der Waals surface area contributed by atoms with Crippen molar-refractivity contribution >= 4 is 24.4 Å². The molecule has 0 N–H and O–H groups in total. The Morgan fingerprint density at radius 2 is 2.75 bits per heavy atom. The van der Waals surface area contributed by atoms with Crippen LogP contribution in [0.2, 0.25) is 0 Å². The monoisotopic (exact) mass is 146 g/mol. The number of hydrogen-bond donors (Lipinski definition) is 1. The van der Waals surface area contributed by atoms with Gasteiger partial charge in [0, 0.05) is 11.0 Å². The fourth-order valence-corrected chi connectivity index (χ4v) is 2.17. The number of thioether (sulfide) groups is 1. The molecule has 0 fully saturated rings. The largest absolute Gasteiger partial charge is 0.171 e. The first-order valence-corrected chi connectivity index (χ1v) is 4.34. The Kier molecular flexibility index (Phi) is 2.32. The molecule has 2 heteroatoms. The highest BCUT2D eigenvalue weighted by Gasteiger charge is 2.09. The van der Waals surface area contributed by atoms with Gasteiger partial charge < -0.3 is 0 Å². The van der Waals surface area contributed by atoms with Crippen LogP contribution in [0.15, 0.2) is 11.0 Å². The van der Waals surface area contributed by atoms with E-state index in [0.29, 0.717) is 5.25 Å². The van der Waals surface area contributed by atoms with Crippen molar-refractivity contribution in [2.45, 2.75) is 18.6 Å². The first-order chi connectivity index (χ1) is 3.83. The second-order valence-corrected chi connectivity index (χ2v) is 3.67. The molecule has 0 spiro atoms. The van der Waals surface area contributed by atoms with E-state index in [4.69, 9.17) is 0 Å². The minimum Gasteiger partial charge on any atom is -0.171 e. The SMILES string of the molecule is CCC1=CC(S)CS1. The minimum atomic E-state index is 0.523. The summed E-state index contributed by atoms with van der Waals surface area (Å²) in [5.41, 5.74) is 0. The third kappa shape index (κ3) is 1.46. The lowest BCUT2D eigenvalue weighted by Crippen LogP contribution is -1.88. The van der Waals surface area contributed by atoms with Crippen LogP contribution in [0.3, 0.4) is 0 Å². The first-order valence-electron chi connectivity index (χ1n) is 2.84. The van der Waals surface area contributed by atoms with Gasteiger partial charge in [0.25, 0.3) is 0 Å². The molecule has 1 unspecified atom stereocenters. The van der Waals surface area contributed by atoms with Crippen LogP contribution in [0.5, 0.6) is 0 Å². The van der Waals surface area contributed by atoms with E-state index < -0.39 is 0 Å². The number of hydrogen-bond acceptors (Lipinski definition) is 2. The van der Waals surface area contributed by atoms with Crippen LogP contribution in [0, 0.1) is 0 Å². The quantitative estimate of drug-likeness (QED) is 0.554. The van der Waals surface area contributed by atoms with Crippen LogP contribution in [-0.4, -0.2) is 11.0 Å². The van der Waals surface area contributed by atoms with Gasteiger partial charge >= 0.3 is 0 Å². The van der Waals surface area contributed by atoms with Gasteiger partial charge in [0.05, 0.1) is 0 Å². The van der Waals surface area contributed by atoms with E-state index in [1.165, 1.54) is 17.1 Å². The molecule has 1 atom stereocenters. The van der Waals surface area contributed by atoms with Gasteiger partial charge in [-0.05, 0) is 11.3 Å². The molecule has 8 heavy (non-hydrogen) atoms. The zero-order valence-electron chi connectivity index (χ0n) is 4.92. The molecule has 1 heterocycles. The molecule has 0 amide bonds. The third-order valence-corrected chi connectivity index (χ3v) is 3.07. The number of allylic oxidation sites excluding steroid dienone is 1. The topological polar surface area (TPSA) is 0 Å². The summed E-state index contributed by atoms with van der Waals surface area (Å²) in [6.45, 7) is 2.19. The number of rotatable bonds is 1. The third-order valence-electron chi connectivity index (χ3n) is 1.17. The summed E-state index contributed by atoms with van der Waals surface area (Å²) in [7, 11) is 0. The van der Waals surface area contributed by atoms with Crippen molar-refractivity contribution in [2.24, 2.45) is 0 Å². The van der Waals surface area contributed by atoms with E-state index in [1.54, 1.807) is 0 Å². The Labute approximate surface area is 60.1 Å². The summed E-state index contributed by atoms with van der Waals surface area (Å²) < 4.78 is 0. The molecule has 46 valence electrons. The fourth-order valence-electron chi connectivity index (χ4n) is 0.723. The summed E-state index contributed by atoms with van der Waals surface area (Å²) in [4.78, 5) is 1.50. The minimum absolute atomic E-state index is 0.523. The Balaban J connectivity index is 2.44. The van der Waals surface area contributed by atoms with Crippen molar-refractivity contribution in [2.75, 3.05) is 5.75 Å². The molecule has 0 aromatic carbocycles. The maximum atomic E-state index is 4.31. The average Bonchev–Trinajstić information content (AvgIpc) is 2.14. The van der Waals surface area contributed by atoms with E-state index in [-0.39, 0.29) is 0 Å². The number of thiol groups is 1. The summed E-state index contributed by atoms with van der Waals surface area (Å²) >= 11 is 6.24. The molecule has 0 aromatic rings. The molecule has 0 saturated heterocycles. The van der Waals surface area contributed by atoms with Crippen LogP contribution < -0.4 is 0 Å². The predicted octanol–water partition coefficient (Wildman–Crippen LogP) is 2.33. The smallest absolute Gasteiger partial charge is 0.0301 e. The second-order valence-electron chi connectivity index (χ2n) is 1.86. The Morgan fingerprint density at radius 3 is 3.00 bits per heavy atom. The van der Waals surface area contributed by atoms with Gasteiger partial charge in [0.15, 0.2) is 0 Å². The van der Waals surface area contributed by atoms with Gasteiger partial charge in [0.1, 0.15) is 0 Å². The summed E-state index contributed by atoms with van der Waals surface area (Å²) in [5.74, 6) is 1.17. The van der Waals surface area contributed by atoms with Gasteiger partial charge in [-0.2, -0.15) is 12.6 Å². The van der Waals surface area contributed by atoms with Crippen LogP contribution in [0.4, 0.5) is 0 Å². The molecule has 0 saturated carbocycles. The highest BCUT2D eigenvalue weighted by atomic mass is 32.2. The van der Waals surface area contributed by atoms with Crippen LogP contribution in [0.1, 0.15) is 13.3 Å². The van der Waals surface area contributed by atoms with Crippen LogP contribution in [0.25, 0.3) is 0 Å². The van der Waals surface area contributed by atoms with Crippen molar-refractivity contribution in [1.82, 2.24) is 0 Å². The van der Waals surface area contributed by atoms with Gasteiger partial charge in [-0.15, -0.1) is 11.8 Å². The lowest BCUT2D eigenvalue weighted by Gasteiger charge is -1.89. The van der Waals surface area contributed by atoms with Gasteiger partial charge in [-0.3, -0.25) is 0 Å². The molecule has 0 bridgehead atoms. The Bertz CT molecular complexity index is 107. The van der Waals surface area contributed by atoms with Gasteiger partial charge in [0.2, 0.25) is 0 Å². The lowest BCUT2D eigenvalue weighted by molar-refractivity contribution is 1.19.